The highest BCUT2D eigenvalue weighted by atomic mass is 32.2. The van der Waals surface area contributed by atoms with Gasteiger partial charge >= 0.3 is 0 Å². The SMILES string of the molecule is CC(C)C(=O)NCc1nnc(SCC2CCCO2)n1Cc1ccccc1. The van der Waals surface area contributed by atoms with Crippen molar-refractivity contribution in [3.8, 4) is 0 Å². The topological polar surface area (TPSA) is 69.0 Å². The van der Waals surface area contributed by atoms with Crippen molar-refractivity contribution < 1.29 is 9.53 Å². The molecule has 2 heterocycles. The van der Waals surface area contributed by atoms with E-state index in [-0.39, 0.29) is 11.8 Å². The first-order valence-electron chi connectivity index (χ1n) is 9.11. The molecule has 1 aliphatic rings. The zero-order valence-electron chi connectivity index (χ0n) is 15.4. The largest absolute Gasteiger partial charge is 0.377 e. The fourth-order valence-electron chi connectivity index (χ4n) is 2.79. The molecule has 7 heteroatoms. The quantitative estimate of drug-likeness (QED) is 0.720. The zero-order chi connectivity index (χ0) is 18.4. The number of nitrogens with one attached hydrogen (secondary N) is 1. The highest BCUT2D eigenvalue weighted by Crippen LogP contribution is 2.24. The van der Waals surface area contributed by atoms with Gasteiger partial charge in [0.25, 0.3) is 0 Å². The number of aromatic nitrogens is 3. The van der Waals surface area contributed by atoms with E-state index in [0.29, 0.717) is 19.2 Å². The van der Waals surface area contributed by atoms with Gasteiger partial charge in [-0.05, 0) is 18.4 Å². The molecule has 1 unspecified atom stereocenters. The third-order valence-corrected chi connectivity index (χ3v) is 5.44. The molecule has 1 saturated heterocycles. The van der Waals surface area contributed by atoms with Gasteiger partial charge in [0, 0.05) is 18.3 Å². The molecule has 0 saturated carbocycles. The summed E-state index contributed by atoms with van der Waals surface area (Å²) >= 11 is 1.68. The molecule has 6 nitrogen and oxygen atoms in total. The number of amides is 1. The van der Waals surface area contributed by atoms with Gasteiger partial charge in [0.15, 0.2) is 11.0 Å². The molecular weight excluding hydrogens is 348 g/mol. The Kier molecular flexibility index (Phi) is 6.68. The molecule has 1 atom stereocenters. The van der Waals surface area contributed by atoms with Gasteiger partial charge in [0.1, 0.15) is 0 Å². The van der Waals surface area contributed by atoms with E-state index in [4.69, 9.17) is 4.74 Å². The lowest BCUT2D eigenvalue weighted by molar-refractivity contribution is -0.124. The molecule has 1 fully saturated rings. The number of ether oxygens (including phenoxy) is 1. The van der Waals surface area contributed by atoms with Gasteiger partial charge < -0.3 is 14.6 Å². The number of thioether (sulfide) groups is 1. The smallest absolute Gasteiger partial charge is 0.222 e. The molecule has 140 valence electrons. The lowest BCUT2D eigenvalue weighted by Crippen LogP contribution is -2.28. The normalized spacial score (nSPS) is 17.0. The van der Waals surface area contributed by atoms with Gasteiger partial charge in [0.2, 0.25) is 5.91 Å². The van der Waals surface area contributed by atoms with Crippen LogP contribution in [-0.4, -0.2) is 39.1 Å². The van der Waals surface area contributed by atoms with Crippen LogP contribution in [-0.2, 0) is 22.6 Å². The molecule has 2 aromatic rings. The zero-order valence-corrected chi connectivity index (χ0v) is 16.2. The summed E-state index contributed by atoms with van der Waals surface area (Å²) in [5.74, 6) is 1.63. The van der Waals surface area contributed by atoms with Gasteiger partial charge in [-0.1, -0.05) is 55.9 Å². The number of benzene rings is 1. The number of carbonyl (C=O) groups excluding carboxylic acids is 1. The molecule has 3 rings (SSSR count). The Bertz CT molecular complexity index is 712. The Hall–Kier alpha value is -1.86. The first-order valence-corrected chi connectivity index (χ1v) is 10.1. The Labute approximate surface area is 158 Å². The van der Waals surface area contributed by atoms with Gasteiger partial charge in [-0.15, -0.1) is 10.2 Å². The predicted molar refractivity (Wildman–Crippen MR) is 102 cm³/mol. The van der Waals surface area contributed by atoms with Crippen molar-refractivity contribution in [3.05, 3.63) is 41.7 Å². The first kappa shape index (κ1) is 18.9. The second kappa shape index (κ2) is 9.19. The van der Waals surface area contributed by atoms with E-state index < -0.39 is 0 Å². The highest BCUT2D eigenvalue weighted by molar-refractivity contribution is 7.99. The number of hydrogen-bond acceptors (Lipinski definition) is 5. The molecule has 1 amide bonds. The summed E-state index contributed by atoms with van der Waals surface area (Å²) in [6, 6.07) is 10.2. The van der Waals surface area contributed by atoms with Crippen molar-refractivity contribution in [1.82, 2.24) is 20.1 Å². The Morgan fingerprint density at radius 2 is 2.15 bits per heavy atom. The molecular formula is C19H26N4O2S. The maximum absolute atomic E-state index is 11.9. The van der Waals surface area contributed by atoms with Gasteiger partial charge in [-0.2, -0.15) is 0 Å². The molecule has 1 aliphatic heterocycles. The van der Waals surface area contributed by atoms with Crippen LogP contribution in [0.3, 0.4) is 0 Å². The minimum Gasteiger partial charge on any atom is -0.377 e. The third kappa shape index (κ3) is 5.08. The van der Waals surface area contributed by atoms with E-state index in [1.807, 2.05) is 32.0 Å². The lowest BCUT2D eigenvalue weighted by Gasteiger charge is -2.13. The van der Waals surface area contributed by atoms with Crippen LogP contribution in [0.1, 0.15) is 38.1 Å². The number of nitrogens with zero attached hydrogens (tertiary/aromatic N) is 3. The minimum atomic E-state index is -0.0474. The van der Waals surface area contributed by atoms with Crippen LogP contribution in [0.2, 0.25) is 0 Å². The van der Waals surface area contributed by atoms with Crippen LogP contribution < -0.4 is 5.32 Å². The van der Waals surface area contributed by atoms with Crippen molar-refractivity contribution in [3.63, 3.8) is 0 Å². The molecule has 1 aromatic heterocycles. The van der Waals surface area contributed by atoms with E-state index in [1.165, 1.54) is 5.56 Å². The van der Waals surface area contributed by atoms with Crippen LogP contribution >= 0.6 is 11.8 Å². The maximum atomic E-state index is 11.9. The predicted octanol–water partition coefficient (Wildman–Crippen LogP) is 2.87. The first-order chi connectivity index (χ1) is 12.6. The average molecular weight is 375 g/mol. The van der Waals surface area contributed by atoms with Crippen LogP contribution in [0.4, 0.5) is 0 Å². The van der Waals surface area contributed by atoms with Crippen molar-refractivity contribution in [2.24, 2.45) is 5.92 Å². The second-order valence-corrected chi connectivity index (χ2v) is 7.78. The summed E-state index contributed by atoms with van der Waals surface area (Å²) in [7, 11) is 0. The molecule has 1 aromatic carbocycles. The van der Waals surface area contributed by atoms with Crippen LogP contribution in [0, 0.1) is 5.92 Å². The van der Waals surface area contributed by atoms with Gasteiger partial charge in [0.05, 0.1) is 19.2 Å². The second-order valence-electron chi connectivity index (χ2n) is 6.79. The van der Waals surface area contributed by atoms with Gasteiger partial charge in [-0.25, -0.2) is 0 Å². The van der Waals surface area contributed by atoms with Crippen molar-refractivity contribution >= 4 is 17.7 Å². The summed E-state index contributed by atoms with van der Waals surface area (Å²) in [5.41, 5.74) is 1.18. The summed E-state index contributed by atoms with van der Waals surface area (Å²) < 4.78 is 7.80. The van der Waals surface area contributed by atoms with Crippen molar-refractivity contribution in [2.75, 3.05) is 12.4 Å². The molecule has 0 aliphatic carbocycles. The summed E-state index contributed by atoms with van der Waals surface area (Å²) in [5, 5.41) is 12.5. The van der Waals surface area contributed by atoms with Crippen LogP contribution in [0.25, 0.3) is 0 Å². The van der Waals surface area contributed by atoms with E-state index in [9.17, 15) is 4.79 Å². The van der Waals surface area contributed by atoms with Crippen molar-refractivity contribution in [1.29, 1.82) is 0 Å². The summed E-state index contributed by atoms with van der Waals surface area (Å²) in [6.45, 7) is 5.69. The van der Waals surface area contributed by atoms with E-state index in [1.54, 1.807) is 11.8 Å². The Balaban J connectivity index is 1.73. The maximum Gasteiger partial charge on any atom is 0.222 e. The Morgan fingerprint density at radius 3 is 2.85 bits per heavy atom. The van der Waals surface area contributed by atoms with E-state index >= 15 is 0 Å². The fourth-order valence-corrected chi connectivity index (χ4v) is 3.82. The molecule has 1 N–H and O–H groups in total. The van der Waals surface area contributed by atoms with Crippen molar-refractivity contribution in [2.45, 2.75) is 51.0 Å². The Morgan fingerprint density at radius 1 is 1.35 bits per heavy atom. The van der Waals surface area contributed by atoms with Crippen LogP contribution in [0.5, 0.6) is 0 Å². The number of carbonyl (C=O) groups is 1. The van der Waals surface area contributed by atoms with E-state index in [0.717, 1.165) is 36.2 Å². The van der Waals surface area contributed by atoms with Crippen LogP contribution in [0.15, 0.2) is 35.5 Å². The lowest BCUT2D eigenvalue weighted by atomic mass is 10.2. The minimum absolute atomic E-state index is 0.0211. The van der Waals surface area contributed by atoms with E-state index in [2.05, 4.69) is 32.2 Å². The third-order valence-electron chi connectivity index (χ3n) is 4.34. The summed E-state index contributed by atoms with van der Waals surface area (Å²) in [4.78, 5) is 11.9. The summed E-state index contributed by atoms with van der Waals surface area (Å²) in [6.07, 6.45) is 2.54. The number of hydrogen-bond donors (Lipinski definition) is 1. The standard InChI is InChI=1S/C19H26N4O2S/c1-14(2)18(24)20-11-17-21-22-19(26-13-16-9-6-10-25-16)23(17)12-15-7-4-3-5-8-15/h3-5,7-8,14,16H,6,9-13H2,1-2H3,(H,20,24). The average Bonchev–Trinajstić information content (AvgIpc) is 3.29. The number of rotatable bonds is 8. The van der Waals surface area contributed by atoms with Gasteiger partial charge in [-0.3, -0.25) is 4.79 Å². The molecule has 0 bridgehead atoms. The molecule has 0 spiro atoms. The molecule has 26 heavy (non-hydrogen) atoms. The highest BCUT2D eigenvalue weighted by Gasteiger charge is 2.19. The monoisotopic (exact) mass is 374 g/mol. The fraction of sp³-hybridized carbons (Fsp3) is 0.526. The molecule has 0 radical (unpaired) electrons.